The lowest BCUT2D eigenvalue weighted by molar-refractivity contribution is 0.260. The van der Waals surface area contributed by atoms with Crippen LogP contribution in [-0.4, -0.2) is 44.2 Å². The maximum absolute atomic E-state index is 6.11. The molecule has 0 amide bonds. The first kappa shape index (κ1) is 12.6. The van der Waals surface area contributed by atoms with Gasteiger partial charge in [-0.25, -0.2) is 0 Å². The van der Waals surface area contributed by atoms with Crippen LogP contribution in [0.1, 0.15) is 19.3 Å². The fourth-order valence-corrected chi connectivity index (χ4v) is 3.29. The predicted molar refractivity (Wildman–Crippen MR) is 78.8 cm³/mol. The first-order chi connectivity index (χ1) is 9.28. The number of likely N-dealkylation sites (tertiary alicyclic amines) is 1. The molecule has 2 heterocycles. The Morgan fingerprint density at radius 2 is 2.00 bits per heavy atom. The number of benzene rings is 1. The summed E-state index contributed by atoms with van der Waals surface area (Å²) in [5, 5.41) is 0. The lowest BCUT2D eigenvalue weighted by atomic mass is 10.2. The van der Waals surface area contributed by atoms with Gasteiger partial charge in [-0.05, 0) is 44.5 Å². The molecule has 0 bridgehead atoms. The van der Waals surface area contributed by atoms with Crippen molar-refractivity contribution in [1.82, 2.24) is 4.90 Å². The van der Waals surface area contributed by atoms with E-state index < -0.39 is 0 Å². The van der Waals surface area contributed by atoms with Crippen LogP contribution in [0.2, 0.25) is 0 Å². The molecule has 0 aliphatic carbocycles. The van der Waals surface area contributed by atoms with Crippen molar-refractivity contribution >= 4 is 11.4 Å². The van der Waals surface area contributed by atoms with E-state index in [0.29, 0.717) is 6.04 Å². The van der Waals surface area contributed by atoms with Gasteiger partial charge in [-0.15, -0.1) is 0 Å². The van der Waals surface area contributed by atoms with Crippen molar-refractivity contribution in [3.63, 3.8) is 0 Å². The van der Waals surface area contributed by atoms with Crippen molar-refractivity contribution in [1.29, 1.82) is 0 Å². The highest BCUT2D eigenvalue weighted by Crippen LogP contribution is 2.32. The smallest absolute Gasteiger partial charge is 0.121 e. The highest BCUT2D eigenvalue weighted by Gasteiger charge is 2.30. The Bertz CT molecular complexity index is 443. The molecule has 1 aromatic carbocycles. The van der Waals surface area contributed by atoms with E-state index in [1.165, 1.54) is 32.4 Å². The summed E-state index contributed by atoms with van der Waals surface area (Å²) in [6, 6.07) is 6.62. The molecule has 0 aromatic heterocycles. The molecular weight excluding hydrogens is 238 g/mol. The third-order valence-corrected chi connectivity index (χ3v) is 4.40. The first-order valence-electron chi connectivity index (χ1n) is 7.20. The van der Waals surface area contributed by atoms with Gasteiger partial charge in [0, 0.05) is 25.2 Å². The molecule has 2 aliphatic rings. The zero-order valence-corrected chi connectivity index (χ0v) is 11.6. The SMILES string of the molecule is COc1ccc(N)c(N2CCC(N3CCCC3)C2)c1. The van der Waals surface area contributed by atoms with Gasteiger partial charge in [0.25, 0.3) is 0 Å². The van der Waals surface area contributed by atoms with E-state index in [1.54, 1.807) is 7.11 Å². The zero-order valence-electron chi connectivity index (χ0n) is 11.6. The van der Waals surface area contributed by atoms with E-state index in [0.717, 1.165) is 30.2 Å². The Kier molecular flexibility index (Phi) is 3.51. The standard InChI is InChI=1S/C15H23N3O/c1-19-13-4-5-14(16)15(10-13)18-9-6-12(11-18)17-7-2-3-8-17/h4-5,10,12H,2-3,6-9,11,16H2,1H3. The highest BCUT2D eigenvalue weighted by molar-refractivity contribution is 5.70. The number of ether oxygens (including phenoxy) is 1. The highest BCUT2D eigenvalue weighted by atomic mass is 16.5. The Labute approximate surface area is 115 Å². The zero-order chi connectivity index (χ0) is 13.2. The molecule has 0 saturated carbocycles. The largest absolute Gasteiger partial charge is 0.497 e. The van der Waals surface area contributed by atoms with Crippen LogP contribution in [0.15, 0.2) is 18.2 Å². The molecule has 2 N–H and O–H groups in total. The van der Waals surface area contributed by atoms with Crippen LogP contribution in [-0.2, 0) is 0 Å². The topological polar surface area (TPSA) is 41.7 Å². The molecule has 0 radical (unpaired) electrons. The number of nitrogens with zero attached hydrogens (tertiary/aromatic N) is 2. The average Bonchev–Trinajstić information content (AvgIpc) is 3.10. The third kappa shape index (κ3) is 2.50. The predicted octanol–water partition coefficient (Wildman–Crippen LogP) is 1.95. The fraction of sp³-hybridized carbons (Fsp3) is 0.600. The van der Waals surface area contributed by atoms with Crippen molar-refractivity contribution in [2.45, 2.75) is 25.3 Å². The van der Waals surface area contributed by atoms with Crippen LogP contribution in [0.4, 0.5) is 11.4 Å². The number of hydrogen-bond donors (Lipinski definition) is 1. The fourth-order valence-electron chi connectivity index (χ4n) is 3.29. The van der Waals surface area contributed by atoms with Gasteiger partial charge in [-0.3, -0.25) is 4.90 Å². The Hall–Kier alpha value is -1.42. The molecule has 104 valence electrons. The van der Waals surface area contributed by atoms with Gasteiger partial charge in [-0.1, -0.05) is 0 Å². The van der Waals surface area contributed by atoms with Crippen molar-refractivity contribution in [2.75, 3.05) is 43.9 Å². The maximum atomic E-state index is 6.11. The van der Waals surface area contributed by atoms with Crippen molar-refractivity contribution < 1.29 is 4.74 Å². The minimum atomic E-state index is 0.702. The Morgan fingerprint density at radius 1 is 1.21 bits per heavy atom. The second kappa shape index (κ2) is 5.29. The molecule has 4 heteroatoms. The third-order valence-electron chi connectivity index (χ3n) is 4.40. The summed E-state index contributed by atoms with van der Waals surface area (Å²) < 4.78 is 5.30. The van der Waals surface area contributed by atoms with E-state index in [-0.39, 0.29) is 0 Å². The van der Waals surface area contributed by atoms with E-state index in [2.05, 4.69) is 15.9 Å². The molecule has 1 atom stereocenters. The van der Waals surface area contributed by atoms with E-state index in [4.69, 9.17) is 10.5 Å². The van der Waals surface area contributed by atoms with Gasteiger partial charge < -0.3 is 15.4 Å². The molecule has 2 saturated heterocycles. The van der Waals surface area contributed by atoms with Crippen molar-refractivity contribution in [3.8, 4) is 5.75 Å². The molecule has 1 aromatic rings. The minimum Gasteiger partial charge on any atom is -0.497 e. The number of nitrogens with two attached hydrogens (primary N) is 1. The molecule has 0 spiro atoms. The van der Waals surface area contributed by atoms with Crippen molar-refractivity contribution in [2.24, 2.45) is 0 Å². The summed E-state index contributed by atoms with van der Waals surface area (Å²) in [7, 11) is 1.70. The normalized spacial score (nSPS) is 24.1. The van der Waals surface area contributed by atoms with Gasteiger partial charge in [0.05, 0.1) is 18.5 Å². The quantitative estimate of drug-likeness (QED) is 0.845. The van der Waals surface area contributed by atoms with Gasteiger partial charge in [0.2, 0.25) is 0 Å². The van der Waals surface area contributed by atoms with Gasteiger partial charge >= 0.3 is 0 Å². The number of nitrogen functional groups attached to an aromatic ring is 1. The van der Waals surface area contributed by atoms with Crippen LogP contribution >= 0.6 is 0 Å². The number of methoxy groups -OCH3 is 1. The Morgan fingerprint density at radius 3 is 2.74 bits per heavy atom. The molecule has 2 aliphatic heterocycles. The molecule has 19 heavy (non-hydrogen) atoms. The van der Waals surface area contributed by atoms with Gasteiger partial charge in [0.15, 0.2) is 0 Å². The summed E-state index contributed by atoms with van der Waals surface area (Å²) >= 11 is 0. The van der Waals surface area contributed by atoms with Gasteiger partial charge in [0.1, 0.15) is 5.75 Å². The van der Waals surface area contributed by atoms with Crippen LogP contribution in [0.25, 0.3) is 0 Å². The molecule has 2 fully saturated rings. The van der Waals surface area contributed by atoms with Crippen LogP contribution in [0.5, 0.6) is 5.75 Å². The van der Waals surface area contributed by atoms with Gasteiger partial charge in [-0.2, -0.15) is 0 Å². The summed E-state index contributed by atoms with van der Waals surface area (Å²) in [6.45, 7) is 4.73. The minimum absolute atomic E-state index is 0.702. The van der Waals surface area contributed by atoms with E-state index in [1.807, 2.05) is 12.1 Å². The monoisotopic (exact) mass is 261 g/mol. The van der Waals surface area contributed by atoms with Crippen molar-refractivity contribution in [3.05, 3.63) is 18.2 Å². The second-order valence-corrected chi connectivity index (χ2v) is 5.56. The van der Waals surface area contributed by atoms with E-state index in [9.17, 15) is 0 Å². The van der Waals surface area contributed by atoms with Crippen LogP contribution in [0, 0.1) is 0 Å². The molecule has 1 unspecified atom stereocenters. The molecular formula is C15H23N3O. The summed E-state index contributed by atoms with van der Waals surface area (Å²) in [4.78, 5) is 5.04. The van der Waals surface area contributed by atoms with Crippen LogP contribution in [0.3, 0.4) is 0 Å². The first-order valence-corrected chi connectivity index (χ1v) is 7.20. The van der Waals surface area contributed by atoms with E-state index >= 15 is 0 Å². The number of rotatable bonds is 3. The second-order valence-electron chi connectivity index (χ2n) is 5.56. The molecule has 3 rings (SSSR count). The lowest BCUT2D eigenvalue weighted by Gasteiger charge is -2.25. The number of anilines is 2. The lowest BCUT2D eigenvalue weighted by Crippen LogP contribution is -2.35. The summed E-state index contributed by atoms with van der Waals surface area (Å²) in [6.07, 6.45) is 3.96. The Balaban J connectivity index is 1.73. The van der Waals surface area contributed by atoms with Crippen LogP contribution < -0.4 is 15.4 Å². The maximum Gasteiger partial charge on any atom is 0.121 e. The number of hydrogen-bond acceptors (Lipinski definition) is 4. The average molecular weight is 261 g/mol. The molecule has 4 nitrogen and oxygen atoms in total. The summed E-state index contributed by atoms with van der Waals surface area (Å²) in [5.41, 5.74) is 8.09. The summed E-state index contributed by atoms with van der Waals surface area (Å²) in [5.74, 6) is 0.883.